The average molecular weight is 266 g/mol. The highest BCUT2D eigenvalue weighted by atomic mass is 19.1. The number of anilines is 1. The van der Waals surface area contributed by atoms with Gasteiger partial charge in [-0.1, -0.05) is 18.2 Å². The highest BCUT2D eigenvalue weighted by molar-refractivity contribution is 5.50. The lowest BCUT2D eigenvalue weighted by Gasteiger charge is -2.37. The molecule has 0 atom stereocenters. The highest BCUT2D eigenvalue weighted by Gasteiger charge is 2.30. The molecule has 0 spiro atoms. The van der Waals surface area contributed by atoms with E-state index in [-0.39, 0.29) is 5.82 Å². The standard InChI is InChI=1S/C17H15FN2/c18-15-6-4-13(5-7-15)14-9-17(10-14)20-16-3-1-2-12(8-16)11-19/h1-8,14,17,20H,9-10H2. The van der Waals surface area contributed by atoms with Crippen LogP contribution in [0.5, 0.6) is 0 Å². The highest BCUT2D eigenvalue weighted by Crippen LogP contribution is 2.38. The van der Waals surface area contributed by atoms with Gasteiger partial charge in [0.2, 0.25) is 0 Å². The summed E-state index contributed by atoms with van der Waals surface area (Å²) in [5, 5.41) is 12.3. The van der Waals surface area contributed by atoms with Gasteiger partial charge in [-0.2, -0.15) is 5.26 Å². The molecule has 1 saturated carbocycles. The lowest BCUT2D eigenvalue weighted by molar-refractivity contribution is 0.374. The van der Waals surface area contributed by atoms with E-state index in [0.29, 0.717) is 17.5 Å². The Bertz CT molecular complexity index is 637. The maximum absolute atomic E-state index is 12.9. The monoisotopic (exact) mass is 266 g/mol. The van der Waals surface area contributed by atoms with Crippen molar-refractivity contribution in [2.24, 2.45) is 0 Å². The van der Waals surface area contributed by atoms with Crippen molar-refractivity contribution >= 4 is 5.69 Å². The van der Waals surface area contributed by atoms with E-state index >= 15 is 0 Å². The number of nitrogens with one attached hydrogen (secondary N) is 1. The van der Waals surface area contributed by atoms with Gasteiger partial charge in [0.1, 0.15) is 5.82 Å². The molecule has 1 aliphatic carbocycles. The summed E-state index contributed by atoms with van der Waals surface area (Å²) >= 11 is 0. The number of halogens is 1. The molecule has 2 aromatic rings. The summed E-state index contributed by atoms with van der Waals surface area (Å²) in [6.07, 6.45) is 2.09. The van der Waals surface area contributed by atoms with Crippen LogP contribution in [0.4, 0.5) is 10.1 Å². The minimum Gasteiger partial charge on any atom is -0.382 e. The fourth-order valence-electron chi connectivity index (χ4n) is 2.66. The van der Waals surface area contributed by atoms with E-state index in [1.807, 2.05) is 30.3 Å². The van der Waals surface area contributed by atoms with Gasteiger partial charge < -0.3 is 5.32 Å². The minimum atomic E-state index is -0.184. The van der Waals surface area contributed by atoms with E-state index < -0.39 is 0 Å². The van der Waals surface area contributed by atoms with Crippen LogP contribution in [-0.2, 0) is 0 Å². The van der Waals surface area contributed by atoms with Crippen molar-refractivity contribution in [3.63, 3.8) is 0 Å². The van der Waals surface area contributed by atoms with Crippen molar-refractivity contribution in [1.82, 2.24) is 0 Å². The fourth-order valence-corrected chi connectivity index (χ4v) is 2.66. The van der Waals surface area contributed by atoms with Crippen LogP contribution in [0.2, 0.25) is 0 Å². The predicted octanol–water partition coefficient (Wildman–Crippen LogP) is 4.06. The molecular formula is C17H15FN2. The SMILES string of the molecule is N#Cc1cccc(NC2CC(c3ccc(F)cc3)C2)c1. The first-order valence-electron chi connectivity index (χ1n) is 6.77. The van der Waals surface area contributed by atoms with Crippen molar-refractivity contribution in [2.45, 2.75) is 24.8 Å². The average Bonchev–Trinajstić information content (AvgIpc) is 2.44. The first-order chi connectivity index (χ1) is 9.74. The fraction of sp³-hybridized carbons (Fsp3) is 0.235. The third kappa shape index (κ3) is 2.65. The van der Waals surface area contributed by atoms with Gasteiger partial charge in [-0.15, -0.1) is 0 Å². The minimum absolute atomic E-state index is 0.184. The Hall–Kier alpha value is -2.34. The van der Waals surface area contributed by atoms with Crippen molar-refractivity contribution in [1.29, 1.82) is 5.26 Å². The van der Waals surface area contributed by atoms with Crippen molar-refractivity contribution in [3.8, 4) is 6.07 Å². The van der Waals surface area contributed by atoms with Crippen LogP contribution in [0.15, 0.2) is 48.5 Å². The first kappa shape index (κ1) is 12.7. The van der Waals surface area contributed by atoms with E-state index in [1.54, 1.807) is 6.07 Å². The van der Waals surface area contributed by atoms with Crippen LogP contribution in [0.3, 0.4) is 0 Å². The molecule has 0 aliphatic heterocycles. The molecule has 0 saturated heterocycles. The quantitative estimate of drug-likeness (QED) is 0.909. The molecular weight excluding hydrogens is 251 g/mol. The summed E-state index contributed by atoms with van der Waals surface area (Å²) in [6.45, 7) is 0. The molecule has 1 aliphatic rings. The molecule has 20 heavy (non-hydrogen) atoms. The normalized spacial score (nSPS) is 20.8. The summed E-state index contributed by atoms with van der Waals surface area (Å²) in [5.74, 6) is 0.323. The molecule has 0 unspecified atom stereocenters. The lowest BCUT2D eigenvalue weighted by atomic mass is 9.76. The van der Waals surface area contributed by atoms with Gasteiger partial charge >= 0.3 is 0 Å². The number of hydrogen-bond acceptors (Lipinski definition) is 2. The topological polar surface area (TPSA) is 35.8 Å². The predicted molar refractivity (Wildman–Crippen MR) is 76.9 cm³/mol. The van der Waals surface area contributed by atoms with Gasteiger partial charge in [0.25, 0.3) is 0 Å². The summed E-state index contributed by atoms with van der Waals surface area (Å²) in [4.78, 5) is 0. The van der Waals surface area contributed by atoms with Crippen LogP contribution >= 0.6 is 0 Å². The smallest absolute Gasteiger partial charge is 0.123 e. The number of hydrogen-bond donors (Lipinski definition) is 1. The Labute approximate surface area is 117 Å². The van der Waals surface area contributed by atoms with Crippen LogP contribution in [0, 0.1) is 17.1 Å². The largest absolute Gasteiger partial charge is 0.382 e. The zero-order valence-electron chi connectivity index (χ0n) is 11.0. The van der Waals surface area contributed by atoms with Crippen molar-refractivity contribution in [2.75, 3.05) is 5.32 Å². The van der Waals surface area contributed by atoms with Crippen molar-refractivity contribution in [3.05, 3.63) is 65.5 Å². The molecule has 2 nitrogen and oxygen atoms in total. The van der Waals surface area contributed by atoms with Gasteiger partial charge in [-0.05, 0) is 54.7 Å². The van der Waals surface area contributed by atoms with Crippen LogP contribution in [-0.4, -0.2) is 6.04 Å². The third-order valence-electron chi connectivity index (χ3n) is 3.84. The van der Waals surface area contributed by atoms with Gasteiger partial charge in [-0.25, -0.2) is 4.39 Å². The molecule has 1 fully saturated rings. The molecule has 0 aromatic heterocycles. The Balaban J connectivity index is 1.58. The molecule has 100 valence electrons. The third-order valence-corrected chi connectivity index (χ3v) is 3.84. The second kappa shape index (κ2) is 5.34. The second-order valence-corrected chi connectivity index (χ2v) is 5.25. The summed E-state index contributed by atoms with van der Waals surface area (Å²) in [5.41, 5.74) is 2.87. The maximum Gasteiger partial charge on any atom is 0.123 e. The van der Waals surface area contributed by atoms with E-state index in [1.165, 1.54) is 17.7 Å². The van der Waals surface area contributed by atoms with E-state index in [4.69, 9.17) is 5.26 Å². The number of nitrogens with zero attached hydrogens (tertiary/aromatic N) is 1. The number of nitriles is 1. The van der Waals surface area contributed by atoms with Gasteiger partial charge in [0.15, 0.2) is 0 Å². The Morgan fingerprint density at radius 1 is 1.10 bits per heavy atom. The molecule has 3 heteroatoms. The van der Waals surface area contributed by atoms with Gasteiger partial charge in [-0.3, -0.25) is 0 Å². The summed E-state index contributed by atoms with van der Waals surface area (Å²) in [7, 11) is 0. The Kier molecular flexibility index (Phi) is 3.39. The summed E-state index contributed by atoms with van der Waals surface area (Å²) < 4.78 is 12.9. The van der Waals surface area contributed by atoms with Crippen LogP contribution in [0.25, 0.3) is 0 Å². The molecule has 0 radical (unpaired) electrons. The van der Waals surface area contributed by atoms with Crippen LogP contribution in [0.1, 0.15) is 29.9 Å². The molecule has 0 bridgehead atoms. The van der Waals surface area contributed by atoms with Gasteiger partial charge in [0, 0.05) is 11.7 Å². The van der Waals surface area contributed by atoms with E-state index in [0.717, 1.165) is 18.5 Å². The van der Waals surface area contributed by atoms with E-state index in [2.05, 4.69) is 11.4 Å². The summed E-state index contributed by atoms with van der Waals surface area (Å²) in [6, 6.07) is 16.9. The van der Waals surface area contributed by atoms with Crippen LogP contribution < -0.4 is 5.32 Å². The molecule has 0 heterocycles. The molecule has 3 rings (SSSR count). The number of benzene rings is 2. The molecule has 1 N–H and O–H groups in total. The Morgan fingerprint density at radius 2 is 1.85 bits per heavy atom. The maximum atomic E-state index is 12.9. The first-order valence-corrected chi connectivity index (χ1v) is 6.77. The lowest BCUT2D eigenvalue weighted by Crippen LogP contribution is -2.33. The zero-order chi connectivity index (χ0) is 13.9. The Morgan fingerprint density at radius 3 is 2.55 bits per heavy atom. The number of rotatable bonds is 3. The van der Waals surface area contributed by atoms with E-state index in [9.17, 15) is 4.39 Å². The zero-order valence-corrected chi connectivity index (χ0v) is 11.0. The van der Waals surface area contributed by atoms with Gasteiger partial charge in [0.05, 0.1) is 11.6 Å². The van der Waals surface area contributed by atoms with Crippen molar-refractivity contribution < 1.29 is 4.39 Å². The second-order valence-electron chi connectivity index (χ2n) is 5.25. The molecule has 0 amide bonds. The molecule has 2 aromatic carbocycles.